The van der Waals surface area contributed by atoms with Gasteiger partial charge in [-0.2, -0.15) is 0 Å². The minimum atomic E-state index is -0.698. The molecule has 6 nitrogen and oxygen atoms in total. The maximum absolute atomic E-state index is 13.3. The van der Waals surface area contributed by atoms with Crippen LogP contribution in [0.4, 0.5) is 0 Å². The first-order valence-electron chi connectivity index (χ1n) is 13.1. The molecule has 202 valence electrons. The Bertz CT molecular complexity index is 1470. The Morgan fingerprint density at radius 3 is 2.15 bits per heavy atom. The molecule has 0 fully saturated rings. The number of esters is 1. The van der Waals surface area contributed by atoms with E-state index in [1.165, 1.54) is 7.11 Å². The van der Waals surface area contributed by atoms with E-state index in [2.05, 4.69) is 5.32 Å². The maximum atomic E-state index is 13.3. The van der Waals surface area contributed by atoms with E-state index in [-0.39, 0.29) is 18.2 Å². The van der Waals surface area contributed by atoms with Crippen molar-refractivity contribution in [3.8, 4) is 11.1 Å². The van der Waals surface area contributed by atoms with Crippen molar-refractivity contribution in [1.29, 1.82) is 5.41 Å². The Kier molecular flexibility index (Phi) is 9.62. The fourth-order valence-corrected chi connectivity index (χ4v) is 4.56. The predicted molar refractivity (Wildman–Crippen MR) is 160 cm³/mol. The normalized spacial score (nSPS) is 12.4. The van der Waals surface area contributed by atoms with Crippen LogP contribution in [0.15, 0.2) is 115 Å². The summed E-state index contributed by atoms with van der Waals surface area (Å²) in [6, 6.07) is 34.2. The van der Waals surface area contributed by atoms with Gasteiger partial charge in [-0.05, 0) is 40.3 Å². The summed E-state index contributed by atoms with van der Waals surface area (Å²) in [4.78, 5) is 26.3. The van der Waals surface area contributed by atoms with Crippen molar-refractivity contribution in [1.82, 2.24) is 5.32 Å². The van der Waals surface area contributed by atoms with Crippen LogP contribution in [-0.2, 0) is 27.2 Å². The summed E-state index contributed by atoms with van der Waals surface area (Å²) in [7, 11) is 1.34. The van der Waals surface area contributed by atoms with Gasteiger partial charge in [0.25, 0.3) is 0 Å². The fraction of sp³-hybridized carbons (Fsp3) is 0.147. The molecule has 0 aromatic heterocycles. The largest absolute Gasteiger partial charge is 0.469 e. The number of carbonyl (C=O) groups is 2. The molecule has 0 spiro atoms. The monoisotopic (exact) mass is 531 g/mol. The van der Waals surface area contributed by atoms with E-state index in [0.29, 0.717) is 12.0 Å². The summed E-state index contributed by atoms with van der Waals surface area (Å²) in [5.41, 5.74) is 11.1. The average Bonchev–Trinajstić information content (AvgIpc) is 2.99. The molecule has 2 atom stereocenters. The number of rotatable bonds is 11. The first-order valence-corrected chi connectivity index (χ1v) is 13.1. The molecular weight excluding hydrogens is 498 g/mol. The van der Waals surface area contributed by atoms with Crippen molar-refractivity contribution >= 4 is 23.8 Å². The van der Waals surface area contributed by atoms with Gasteiger partial charge in [0.2, 0.25) is 5.91 Å². The number of hydrogen-bond donors (Lipinski definition) is 3. The number of amidine groups is 1. The molecule has 0 unspecified atom stereocenters. The number of carbonyl (C=O) groups excluding carboxylic acids is 2. The summed E-state index contributed by atoms with van der Waals surface area (Å²) >= 11 is 0. The number of ether oxygens (including phenoxy) is 1. The van der Waals surface area contributed by atoms with Crippen LogP contribution in [0.2, 0.25) is 0 Å². The highest BCUT2D eigenvalue weighted by atomic mass is 16.5. The molecule has 0 aliphatic heterocycles. The van der Waals surface area contributed by atoms with Crippen molar-refractivity contribution in [2.75, 3.05) is 7.11 Å². The van der Waals surface area contributed by atoms with Gasteiger partial charge < -0.3 is 15.8 Å². The van der Waals surface area contributed by atoms with Crippen LogP contribution in [0.3, 0.4) is 0 Å². The fourth-order valence-electron chi connectivity index (χ4n) is 4.56. The maximum Gasteiger partial charge on any atom is 0.311 e. The number of benzene rings is 4. The van der Waals surface area contributed by atoms with Gasteiger partial charge in [-0.1, -0.05) is 115 Å². The molecule has 4 aromatic carbocycles. The lowest BCUT2D eigenvalue weighted by Gasteiger charge is -2.24. The molecule has 6 heteroatoms. The number of nitrogen functional groups attached to an aromatic ring is 1. The van der Waals surface area contributed by atoms with Crippen molar-refractivity contribution in [3.05, 3.63) is 138 Å². The van der Waals surface area contributed by atoms with E-state index >= 15 is 0 Å². The summed E-state index contributed by atoms with van der Waals surface area (Å²) < 4.78 is 5.16. The van der Waals surface area contributed by atoms with Crippen LogP contribution in [-0.4, -0.2) is 30.9 Å². The van der Waals surface area contributed by atoms with Crippen molar-refractivity contribution in [2.24, 2.45) is 11.7 Å². The van der Waals surface area contributed by atoms with Gasteiger partial charge >= 0.3 is 5.97 Å². The Hall–Kier alpha value is -4.97. The zero-order valence-electron chi connectivity index (χ0n) is 22.4. The second-order valence-electron chi connectivity index (χ2n) is 9.55. The third-order valence-electron chi connectivity index (χ3n) is 6.68. The Balaban J connectivity index is 1.56. The van der Waals surface area contributed by atoms with E-state index in [9.17, 15) is 9.59 Å². The molecule has 40 heavy (non-hydrogen) atoms. The number of methoxy groups -OCH3 is 1. The number of hydrogen-bond acceptors (Lipinski definition) is 4. The van der Waals surface area contributed by atoms with Crippen molar-refractivity contribution in [2.45, 2.75) is 18.9 Å². The number of amides is 1. The second-order valence-corrected chi connectivity index (χ2v) is 9.55. The smallest absolute Gasteiger partial charge is 0.311 e. The number of nitrogens with two attached hydrogens (primary N) is 1. The Morgan fingerprint density at radius 1 is 0.850 bits per heavy atom. The van der Waals surface area contributed by atoms with Crippen molar-refractivity contribution in [3.63, 3.8) is 0 Å². The zero-order chi connectivity index (χ0) is 28.3. The molecule has 0 saturated carbocycles. The molecular formula is C34H33N3O3. The van der Waals surface area contributed by atoms with Gasteiger partial charge in [0, 0.05) is 5.56 Å². The van der Waals surface area contributed by atoms with E-state index in [1.807, 2.05) is 103 Å². The van der Waals surface area contributed by atoms with Gasteiger partial charge in [-0.15, -0.1) is 0 Å². The van der Waals surface area contributed by atoms with Crippen LogP contribution in [0, 0.1) is 11.3 Å². The lowest BCUT2D eigenvalue weighted by Crippen LogP contribution is -2.44. The van der Waals surface area contributed by atoms with Gasteiger partial charge in [0.1, 0.15) is 5.84 Å². The Labute approximate surface area is 235 Å². The molecule has 0 saturated heterocycles. The molecule has 0 radical (unpaired) electrons. The zero-order valence-corrected chi connectivity index (χ0v) is 22.4. The minimum Gasteiger partial charge on any atom is -0.469 e. The van der Waals surface area contributed by atoms with Crippen LogP contribution < -0.4 is 11.1 Å². The summed E-state index contributed by atoms with van der Waals surface area (Å²) in [5.74, 6) is -1.40. The molecule has 1 amide bonds. The summed E-state index contributed by atoms with van der Waals surface area (Å²) in [6.45, 7) is 0. The molecule has 0 aliphatic rings. The average molecular weight is 532 g/mol. The van der Waals surface area contributed by atoms with Crippen molar-refractivity contribution < 1.29 is 14.3 Å². The van der Waals surface area contributed by atoms with Gasteiger partial charge in [-0.3, -0.25) is 15.0 Å². The molecule has 4 rings (SSSR count). The topological polar surface area (TPSA) is 105 Å². The lowest BCUT2D eigenvalue weighted by molar-refractivity contribution is -0.146. The summed E-state index contributed by atoms with van der Waals surface area (Å²) in [5, 5.41) is 10.8. The third kappa shape index (κ3) is 7.77. The van der Waals surface area contributed by atoms with E-state index < -0.39 is 17.9 Å². The van der Waals surface area contributed by atoms with Crippen LogP contribution in [0.1, 0.15) is 22.3 Å². The second kappa shape index (κ2) is 13.7. The Morgan fingerprint density at radius 2 is 1.50 bits per heavy atom. The lowest BCUT2D eigenvalue weighted by atomic mass is 9.90. The molecule has 4 aromatic rings. The van der Waals surface area contributed by atoms with E-state index in [0.717, 1.165) is 27.8 Å². The van der Waals surface area contributed by atoms with Gasteiger partial charge in [-0.25, -0.2) is 0 Å². The summed E-state index contributed by atoms with van der Waals surface area (Å²) in [6.07, 6.45) is 4.19. The standard InChI is InChI=1S/C34H33N3O3/c1-40-34(39)30(22-26-11-8-14-29(21-26)33(35)36)31(20-17-24-9-4-2-5-10-24)37-32(38)23-25-15-18-28(19-16-25)27-12-6-3-7-13-27/h2-21,30-31H,22-23H2,1H3,(H3,35,36)(H,37,38)/b20-17+/t30-,31-/m1/s1. The highest BCUT2D eigenvalue weighted by Gasteiger charge is 2.29. The van der Waals surface area contributed by atoms with Crippen LogP contribution >= 0.6 is 0 Å². The van der Waals surface area contributed by atoms with E-state index in [1.54, 1.807) is 18.2 Å². The quantitative estimate of drug-likeness (QED) is 0.137. The predicted octanol–water partition coefficient (Wildman–Crippen LogP) is 5.41. The highest BCUT2D eigenvalue weighted by Crippen LogP contribution is 2.21. The first kappa shape index (κ1) is 28.0. The third-order valence-corrected chi connectivity index (χ3v) is 6.68. The highest BCUT2D eigenvalue weighted by molar-refractivity contribution is 5.95. The minimum absolute atomic E-state index is 0.0522. The number of nitrogens with one attached hydrogen (secondary N) is 2. The van der Waals surface area contributed by atoms with E-state index in [4.69, 9.17) is 15.9 Å². The van der Waals surface area contributed by atoms with Gasteiger partial charge in [0.15, 0.2) is 0 Å². The first-order chi connectivity index (χ1) is 19.4. The SMILES string of the molecule is COC(=O)[C@H](Cc1cccc(C(=N)N)c1)[C@@H](/C=C/c1ccccc1)NC(=O)Cc1ccc(-c2ccccc2)cc1. The molecule has 0 aliphatic carbocycles. The molecule has 0 bridgehead atoms. The molecule has 0 heterocycles. The van der Waals surface area contributed by atoms with Crippen LogP contribution in [0.5, 0.6) is 0 Å². The van der Waals surface area contributed by atoms with Crippen LogP contribution in [0.25, 0.3) is 17.2 Å². The molecule has 4 N–H and O–H groups in total. The van der Waals surface area contributed by atoms with Gasteiger partial charge in [0.05, 0.1) is 25.5 Å².